The average Bonchev–Trinajstić information content (AvgIpc) is 2.29. The van der Waals surface area contributed by atoms with E-state index in [0.717, 1.165) is 12.2 Å². The topological polar surface area (TPSA) is 35.2 Å². The van der Waals surface area contributed by atoms with Crippen molar-refractivity contribution in [3.8, 4) is 5.75 Å². The van der Waals surface area contributed by atoms with E-state index in [4.69, 9.17) is 10.5 Å². The lowest BCUT2D eigenvalue weighted by Crippen LogP contribution is -2.25. The molecule has 1 unspecified atom stereocenters. The molecule has 0 spiro atoms. The monoisotopic (exact) mass is 201 g/mol. The van der Waals surface area contributed by atoms with Crippen LogP contribution in [0.15, 0.2) is 42.5 Å². The van der Waals surface area contributed by atoms with Gasteiger partial charge in [0.05, 0.1) is 0 Å². The molecule has 2 aromatic rings. The molecule has 0 saturated heterocycles. The number of hydrogen-bond donors (Lipinski definition) is 1. The van der Waals surface area contributed by atoms with Gasteiger partial charge in [0, 0.05) is 0 Å². The molecule has 0 aliphatic heterocycles. The lowest BCUT2D eigenvalue weighted by atomic mass is 10.1. The summed E-state index contributed by atoms with van der Waals surface area (Å²) in [4.78, 5) is 0. The first-order chi connectivity index (χ1) is 7.29. The molecule has 0 fully saturated rings. The maximum absolute atomic E-state index is 5.73. The van der Waals surface area contributed by atoms with Crippen LogP contribution in [0.1, 0.15) is 13.3 Å². The quantitative estimate of drug-likeness (QED) is 0.775. The predicted octanol–water partition coefficient (Wildman–Crippen LogP) is 2.91. The summed E-state index contributed by atoms with van der Waals surface area (Å²) in [6.07, 6.45) is 0.596. The van der Waals surface area contributed by atoms with Gasteiger partial charge in [-0.1, -0.05) is 37.3 Å². The van der Waals surface area contributed by atoms with Crippen molar-refractivity contribution >= 4 is 10.8 Å². The van der Waals surface area contributed by atoms with E-state index in [1.165, 1.54) is 10.8 Å². The number of rotatable bonds is 3. The second-order valence-electron chi connectivity index (χ2n) is 3.57. The lowest BCUT2D eigenvalue weighted by Gasteiger charge is -2.12. The van der Waals surface area contributed by atoms with Crippen molar-refractivity contribution in [1.29, 1.82) is 0 Å². The van der Waals surface area contributed by atoms with Gasteiger partial charge in [-0.05, 0) is 29.3 Å². The number of fused-ring (bicyclic) bond motifs is 1. The van der Waals surface area contributed by atoms with Crippen LogP contribution < -0.4 is 10.5 Å². The summed E-state index contributed by atoms with van der Waals surface area (Å²) < 4.78 is 5.55. The summed E-state index contributed by atoms with van der Waals surface area (Å²) in [7, 11) is 0. The van der Waals surface area contributed by atoms with Gasteiger partial charge >= 0.3 is 0 Å². The molecular weight excluding hydrogens is 186 g/mol. The number of ether oxygens (including phenoxy) is 1. The van der Waals surface area contributed by atoms with Gasteiger partial charge in [0.25, 0.3) is 0 Å². The average molecular weight is 201 g/mol. The van der Waals surface area contributed by atoms with E-state index in [-0.39, 0.29) is 6.23 Å². The minimum absolute atomic E-state index is 0.217. The third kappa shape index (κ3) is 2.28. The molecule has 78 valence electrons. The first-order valence-corrected chi connectivity index (χ1v) is 5.20. The summed E-state index contributed by atoms with van der Waals surface area (Å²) >= 11 is 0. The highest BCUT2D eigenvalue weighted by molar-refractivity contribution is 5.83. The summed E-state index contributed by atoms with van der Waals surface area (Å²) in [5.41, 5.74) is 5.73. The molecule has 2 aromatic carbocycles. The Bertz CT molecular complexity index is 453. The lowest BCUT2D eigenvalue weighted by molar-refractivity contribution is 0.205. The van der Waals surface area contributed by atoms with Gasteiger partial charge < -0.3 is 4.74 Å². The Morgan fingerprint density at radius 3 is 2.60 bits per heavy atom. The van der Waals surface area contributed by atoms with E-state index in [0.29, 0.717) is 0 Å². The molecule has 0 aliphatic carbocycles. The molecule has 0 radical (unpaired) electrons. The Balaban J connectivity index is 2.30. The molecule has 0 aromatic heterocycles. The van der Waals surface area contributed by atoms with Gasteiger partial charge in [-0.15, -0.1) is 0 Å². The van der Waals surface area contributed by atoms with Crippen LogP contribution >= 0.6 is 0 Å². The summed E-state index contributed by atoms with van der Waals surface area (Å²) in [5, 5.41) is 2.40. The number of hydrogen-bond acceptors (Lipinski definition) is 2. The van der Waals surface area contributed by atoms with E-state index < -0.39 is 0 Å². The van der Waals surface area contributed by atoms with E-state index in [2.05, 4.69) is 12.1 Å². The third-order valence-corrected chi connectivity index (χ3v) is 2.41. The van der Waals surface area contributed by atoms with Crippen molar-refractivity contribution in [3.63, 3.8) is 0 Å². The molecule has 2 N–H and O–H groups in total. The maximum atomic E-state index is 5.73. The van der Waals surface area contributed by atoms with Crippen LogP contribution in [0.4, 0.5) is 0 Å². The summed E-state index contributed by atoms with van der Waals surface area (Å²) in [6.45, 7) is 2.01. The number of benzene rings is 2. The van der Waals surface area contributed by atoms with Crippen LogP contribution in [-0.4, -0.2) is 6.23 Å². The van der Waals surface area contributed by atoms with Crippen molar-refractivity contribution in [1.82, 2.24) is 0 Å². The van der Waals surface area contributed by atoms with E-state index in [9.17, 15) is 0 Å². The zero-order valence-corrected chi connectivity index (χ0v) is 8.81. The second-order valence-corrected chi connectivity index (χ2v) is 3.57. The standard InChI is InChI=1S/C13H15NO/c1-2-13(14)15-12-8-7-10-5-3-4-6-11(10)9-12/h3-9,13H,2,14H2,1H3. The largest absolute Gasteiger partial charge is 0.476 e. The van der Waals surface area contributed by atoms with Crippen molar-refractivity contribution in [3.05, 3.63) is 42.5 Å². The van der Waals surface area contributed by atoms with E-state index in [1.54, 1.807) is 0 Å². The molecule has 2 heteroatoms. The minimum atomic E-state index is -0.217. The van der Waals surface area contributed by atoms with Crippen LogP contribution in [0.25, 0.3) is 10.8 Å². The highest BCUT2D eigenvalue weighted by Gasteiger charge is 2.01. The first-order valence-electron chi connectivity index (χ1n) is 5.20. The first kappa shape index (κ1) is 9.99. The van der Waals surface area contributed by atoms with Gasteiger partial charge in [0.1, 0.15) is 12.0 Å². The highest BCUT2D eigenvalue weighted by atomic mass is 16.5. The fourth-order valence-electron chi connectivity index (χ4n) is 1.50. The molecule has 0 amide bonds. The van der Waals surface area contributed by atoms with Crippen molar-refractivity contribution < 1.29 is 4.74 Å². The fraction of sp³-hybridized carbons (Fsp3) is 0.231. The smallest absolute Gasteiger partial charge is 0.147 e. The number of nitrogens with two attached hydrogens (primary N) is 1. The SMILES string of the molecule is CCC(N)Oc1ccc2ccccc2c1. The van der Waals surface area contributed by atoms with Gasteiger partial charge in [-0.3, -0.25) is 5.73 Å². The van der Waals surface area contributed by atoms with Crippen molar-refractivity contribution in [2.45, 2.75) is 19.6 Å². The minimum Gasteiger partial charge on any atom is -0.476 e. The second kappa shape index (κ2) is 4.32. The molecular formula is C13H15NO. The zero-order chi connectivity index (χ0) is 10.7. The van der Waals surface area contributed by atoms with Crippen molar-refractivity contribution in [2.75, 3.05) is 0 Å². The van der Waals surface area contributed by atoms with Crippen LogP contribution in [0.5, 0.6) is 5.75 Å². The Morgan fingerprint density at radius 2 is 1.87 bits per heavy atom. The third-order valence-electron chi connectivity index (χ3n) is 2.41. The zero-order valence-electron chi connectivity index (χ0n) is 8.81. The van der Waals surface area contributed by atoms with E-state index in [1.807, 2.05) is 37.3 Å². The highest BCUT2D eigenvalue weighted by Crippen LogP contribution is 2.21. The summed E-state index contributed by atoms with van der Waals surface area (Å²) in [5.74, 6) is 0.836. The van der Waals surface area contributed by atoms with Crippen LogP contribution in [0.3, 0.4) is 0 Å². The van der Waals surface area contributed by atoms with Gasteiger partial charge in [0.2, 0.25) is 0 Å². The predicted molar refractivity (Wildman–Crippen MR) is 62.8 cm³/mol. The summed E-state index contributed by atoms with van der Waals surface area (Å²) in [6, 6.07) is 14.2. The molecule has 0 aliphatic rings. The van der Waals surface area contributed by atoms with Crippen molar-refractivity contribution in [2.24, 2.45) is 5.73 Å². The van der Waals surface area contributed by atoms with Gasteiger partial charge in [0.15, 0.2) is 0 Å². The molecule has 2 rings (SSSR count). The Hall–Kier alpha value is -1.54. The molecule has 0 bridgehead atoms. The Kier molecular flexibility index (Phi) is 2.88. The fourth-order valence-corrected chi connectivity index (χ4v) is 1.50. The van der Waals surface area contributed by atoms with Gasteiger partial charge in [-0.25, -0.2) is 0 Å². The molecule has 0 heterocycles. The molecule has 0 saturated carbocycles. The molecule has 2 nitrogen and oxygen atoms in total. The molecule has 1 atom stereocenters. The maximum Gasteiger partial charge on any atom is 0.147 e. The van der Waals surface area contributed by atoms with Crippen LogP contribution in [0.2, 0.25) is 0 Å². The normalized spacial score (nSPS) is 12.7. The Morgan fingerprint density at radius 1 is 1.13 bits per heavy atom. The molecule has 15 heavy (non-hydrogen) atoms. The Labute approximate surface area is 89.7 Å². The van der Waals surface area contributed by atoms with Crippen LogP contribution in [-0.2, 0) is 0 Å². The van der Waals surface area contributed by atoms with Crippen LogP contribution in [0, 0.1) is 0 Å². The van der Waals surface area contributed by atoms with E-state index >= 15 is 0 Å². The van der Waals surface area contributed by atoms with Gasteiger partial charge in [-0.2, -0.15) is 0 Å².